The van der Waals surface area contributed by atoms with Gasteiger partial charge in [0.1, 0.15) is 10.8 Å². The van der Waals surface area contributed by atoms with E-state index in [-0.39, 0.29) is 5.82 Å². The maximum absolute atomic E-state index is 13.0. The van der Waals surface area contributed by atoms with Crippen molar-refractivity contribution in [3.05, 3.63) is 59.6 Å². The molecule has 2 aromatic heterocycles. The van der Waals surface area contributed by atoms with Gasteiger partial charge in [0.25, 0.3) is 0 Å². The predicted molar refractivity (Wildman–Crippen MR) is 115 cm³/mol. The van der Waals surface area contributed by atoms with Crippen LogP contribution in [0.4, 0.5) is 10.3 Å². The second kappa shape index (κ2) is 9.87. The Morgan fingerprint density at radius 2 is 1.79 bits per heavy atom. The Kier molecular flexibility index (Phi) is 6.76. The monoisotopic (exact) mass is 412 g/mol. The van der Waals surface area contributed by atoms with E-state index in [2.05, 4.69) is 35.4 Å². The molecule has 0 bridgehead atoms. The molecule has 0 atom stereocenters. The zero-order valence-electron chi connectivity index (χ0n) is 16.3. The highest BCUT2D eigenvalue weighted by Gasteiger charge is 2.18. The molecule has 3 heterocycles. The Bertz CT molecular complexity index is 878. The van der Waals surface area contributed by atoms with E-state index in [1.165, 1.54) is 12.1 Å². The highest BCUT2D eigenvalue weighted by Crippen LogP contribution is 2.23. The number of anilines is 1. The SMILES string of the molecule is Fc1ccc(-c2nc(CNCCCN3CCN(c4ncccn4)CC3)cs2)cc1. The van der Waals surface area contributed by atoms with Crippen LogP contribution in [0.25, 0.3) is 10.6 Å². The first-order chi connectivity index (χ1) is 14.3. The van der Waals surface area contributed by atoms with Crippen LogP contribution >= 0.6 is 11.3 Å². The highest BCUT2D eigenvalue weighted by molar-refractivity contribution is 7.13. The molecule has 4 rings (SSSR count). The molecule has 8 heteroatoms. The summed E-state index contributed by atoms with van der Waals surface area (Å²) in [4.78, 5) is 18.0. The van der Waals surface area contributed by atoms with Crippen LogP contribution in [0.2, 0.25) is 0 Å². The number of thiazole rings is 1. The van der Waals surface area contributed by atoms with Crippen LogP contribution in [0, 0.1) is 5.82 Å². The van der Waals surface area contributed by atoms with Crippen LogP contribution in [0.3, 0.4) is 0 Å². The Morgan fingerprint density at radius 1 is 1.03 bits per heavy atom. The lowest BCUT2D eigenvalue weighted by Crippen LogP contribution is -2.47. The molecule has 152 valence electrons. The summed E-state index contributed by atoms with van der Waals surface area (Å²) in [5, 5.41) is 6.48. The zero-order valence-corrected chi connectivity index (χ0v) is 17.1. The standard InChI is InChI=1S/C21H25FN6S/c22-18-5-3-17(4-6-18)20-26-19(16-29-20)15-23-7-2-10-27-11-13-28(14-12-27)21-24-8-1-9-25-21/h1,3-6,8-9,16,23H,2,7,10-15H2. The molecule has 0 amide bonds. The maximum Gasteiger partial charge on any atom is 0.225 e. The van der Waals surface area contributed by atoms with Crippen molar-refractivity contribution in [2.24, 2.45) is 0 Å². The fraction of sp³-hybridized carbons (Fsp3) is 0.381. The van der Waals surface area contributed by atoms with Gasteiger partial charge in [0, 0.05) is 56.1 Å². The van der Waals surface area contributed by atoms with E-state index in [9.17, 15) is 4.39 Å². The first-order valence-electron chi connectivity index (χ1n) is 9.93. The number of hydrogen-bond donors (Lipinski definition) is 1. The van der Waals surface area contributed by atoms with E-state index in [4.69, 9.17) is 0 Å². The van der Waals surface area contributed by atoms with Gasteiger partial charge in [-0.2, -0.15) is 0 Å². The first kappa shape index (κ1) is 19.9. The number of nitrogens with one attached hydrogen (secondary N) is 1. The van der Waals surface area contributed by atoms with Crippen molar-refractivity contribution >= 4 is 17.3 Å². The van der Waals surface area contributed by atoms with Crippen LogP contribution in [-0.2, 0) is 6.54 Å². The normalized spacial score (nSPS) is 15.0. The molecule has 0 unspecified atom stereocenters. The van der Waals surface area contributed by atoms with E-state index in [0.29, 0.717) is 0 Å². The average molecular weight is 413 g/mol. The van der Waals surface area contributed by atoms with Crippen LogP contribution in [0.15, 0.2) is 48.1 Å². The Morgan fingerprint density at radius 3 is 2.55 bits per heavy atom. The second-order valence-electron chi connectivity index (χ2n) is 7.06. The molecule has 0 aliphatic carbocycles. The molecular formula is C21H25FN6S. The number of aromatic nitrogens is 3. The van der Waals surface area contributed by atoms with E-state index in [1.54, 1.807) is 35.9 Å². The molecule has 1 fully saturated rings. The summed E-state index contributed by atoms with van der Waals surface area (Å²) in [5.74, 6) is 0.610. The highest BCUT2D eigenvalue weighted by atomic mass is 32.1. The number of halogens is 1. The minimum Gasteiger partial charge on any atom is -0.338 e. The Labute approximate surface area is 174 Å². The molecule has 29 heavy (non-hydrogen) atoms. The summed E-state index contributed by atoms with van der Waals surface area (Å²) >= 11 is 1.60. The summed E-state index contributed by atoms with van der Waals surface area (Å²) in [6, 6.07) is 8.34. The lowest BCUT2D eigenvalue weighted by molar-refractivity contribution is 0.252. The Balaban J connectivity index is 1.13. The van der Waals surface area contributed by atoms with Crippen molar-refractivity contribution in [2.75, 3.05) is 44.2 Å². The van der Waals surface area contributed by atoms with Gasteiger partial charge in [0.15, 0.2) is 0 Å². The van der Waals surface area contributed by atoms with Crippen LogP contribution in [-0.4, -0.2) is 59.1 Å². The van der Waals surface area contributed by atoms with Crippen molar-refractivity contribution < 1.29 is 4.39 Å². The number of benzene rings is 1. The van der Waals surface area contributed by atoms with Gasteiger partial charge in [-0.15, -0.1) is 11.3 Å². The molecular weight excluding hydrogens is 387 g/mol. The van der Waals surface area contributed by atoms with Gasteiger partial charge in [-0.3, -0.25) is 4.90 Å². The molecule has 1 N–H and O–H groups in total. The average Bonchev–Trinajstić information content (AvgIpc) is 3.24. The van der Waals surface area contributed by atoms with Gasteiger partial charge < -0.3 is 10.2 Å². The fourth-order valence-electron chi connectivity index (χ4n) is 3.38. The van der Waals surface area contributed by atoms with Crippen LogP contribution < -0.4 is 10.2 Å². The molecule has 3 aromatic rings. The molecule has 0 spiro atoms. The quantitative estimate of drug-likeness (QED) is 0.574. The van der Waals surface area contributed by atoms with Gasteiger partial charge in [0.2, 0.25) is 5.95 Å². The third-order valence-corrected chi connectivity index (χ3v) is 5.92. The minimum absolute atomic E-state index is 0.220. The zero-order chi connectivity index (χ0) is 19.9. The van der Waals surface area contributed by atoms with E-state index in [1.807, 2.05) is 6.07 Å². The van der Waals surface area contributed by atoms with Crippen LogP contribution in [0.5, 0.6) is 0 Å². The lowest BCUT2D eigenvalue weighted by Gasteiger charge is -2.34. The topological polar surface area (TPSA) is 57.2 Å². The first-order valence-corrected chi connectivity index (χ1v) is 10.8. The fourth-order valence-corrected chi connectivity index (χ4v) is 4.21. The summed E-state index contributed by atoms with van der Waals surface area (Å²) in [6.45, 7) is 6.86. The third-order valence-electron chi connectivity index (χ3n) is 4.98. The van der Waals surface area contributed by atoms with Crippen LogP contribution in [0.1, 0.15) is 12.1 Å². The molecule has 1 aliphatic heterocycles. The van der Waals surface area contributed by atoms with E-state index < -0.39 is 0 Å². The van der Waals surface area contributed by atoms with Gasteiger partial charge in [0.05, 0.1) is 5.69 Å². The minimum atomic E-state index is -0.220. The third kappa shape index (κ3) is 5.56. The lowest BCUT2D eigenvalue weighted by atomic mass is 10.2. The van der Waals surface area contributed by atoms with E-state index >= 15 is 0 Å². The predicted octanol–water partition coefficient (Wildman–Crippen LogP) is 3.04. The van der Waals surface area contributed by atoms with E-state index in [0.717, 1.165) is 74.4 Å². The number of piperazine rings is 1. The summed E-state index contributed by atoms with van der Waals surface area (Å²) < 4.78 is 13.0. The maximum atomic E-state index is 13.0. The number of nitrogens with zero attached hydrogens (tertiary/aromatic N) is 5. The summed E-state index contributed by atoms with van der Waals surface area (Å²) in [5.41, 5.74) is 1.99. The second-order valence-corrected chi connectivity index (χ2v) is 7.92. The van der Waals surface area contributed by atoms with Crippen molar-refractivity contribution in [2.45, 2.75) is 13.0 Å². The molecule has 0 saturated carbocycles. The van der Waals surface area contributed by atoms with Crippen molar-refractivity contribution in [1.82, 2.24) is 25.2 Å². The molecule has 1 aliphatic rings. The largest absolute Gasteiger partial charge is 0.338 e. The smallest absolute Gasteiger partial charge is 0.225 e. The molecule has 0 radical (unpaired) electrons. The van der Waals surface area contributed by atoms with Crippen molar-refractivity contribution in [1.29, 1.82) is 0 Å². The number of hydrogen-bond acceptors (Lipinski definition) is 7. The van der Waals surface area contributed by atoms with Crippen molar-refractivity contribution in [3.63, 3.8) is 0 Å². The molecule has 1 aromatic carbocycles. The molecule has 1 saturated heterocycles. The summed E-state index contributed by atoms with van der Waals surface area (Å²) in [6.07, 6.45) is 4.70. The van der Waals surface area contributed by atoms with Gasteiger partial charge in [-0.05, 0) is 49.8 Å². The van der Waals surface area contributed by atoms with Gasteiger partial charge >= 0.3 is 0 Å². The van der Waals surface area contributed by atoms with Gasteiger partial charge in [-0.25, -0.2) is 19.3 Å². The Hall–Kier alpha value is -2.42. The summed E-state index contributed by atoms with van der Waals surface area (Å²) in [7, 11) is 0. The van der Waals surface area contributed by atoms with Gasteiger partial charge in [-0.1, -0.05) is 0 Å². The van der Waals surface area contributed by atoms with Crippen molar-refractivity contribution in [3.8, 4) is 10.6 Å². The number of rotatable bonds is 8. The molecule has 6 nitrogen and oxygen atoms in total.